The number of aliphatic hydroxyl groups is 1. The molecule has 5 rings (SSSR count). The molecular formula is C25H31F3N2O5Si. The highest BCUT2D eigenvalue weighted by atomic mass is 28.4. The summed E-state index contributed by atoms with van der Waals surface area (Å²) < 4.78 is 60.2. The Morgan fingerprint density at radius 3 is 2.53 bits per heavy atom. The van der Waals surface area contributed by atoms with Gasteiger partial charge in [0.25, 0.3) is 0 Å². The van der Waals surface area contributed by atoms with Crippen molar-refractivity contribution in [3.63, 3.8) is 0 Å². The molecule has 11 heteroatoms. The smallest absolute Gasteiger partial charge is 0.408 e. The van der Waals surface area contributed by atoms with Crippen LogP contribution in [0.4, 0.5) is 18.9 Å². The molecule has 0 aromatic heterocycles. The van der Waals surface area contributed by atoms with Crippen LogP contribution < -0.4 is 4.90 Å². The lowest BCUT2D eigenvalue weighted by atomic mass is 9.63. The Morgan fingerprint density at radius 1 is 1.28 bits per heavy atom. The van der Waals surface area contributed by atoms with Crippen molar-refractivity contribution in [3.8, 4) is 6.07 Å². The maximum atomic E-state index is 13.9. The summed E-state index contributed by atoms with van der Waals surface area (Å²) in [6.07, 6.45) is -7.07. The molecule has 2 bridgehead atoms. The molecule has 4 fully saturated rings. The quantitative estimate of drug-likeness (QED) is 0.596. The number of alkyl halides is 3. The van der Waals surface area contributed by atoms with Gasteiger partial charge >= 0.3 is 6.18 Å². The maximum absolute atomic E-state index is 13.9. The zero-order valence-electron chi connectivity index (χ0n) is 21.1. The second-order valence-electron chi connectivity index (χ2n) is 12.0. The number of ether oxygens (including phenoxy) is 2. The van der Waals surface area contributed by atoms with Gasteiger partial charge < -0.3 is 19.0 Å². The van der Waals surface area contributed by atoms with Crippen molar-refractivity contribution in [2.45, 2.75) is 88.1 Å². The van der Waals surface area contributed by atoms with Crippen LogP contribution >= 0.6 is 0 Å². The van der Waals surface area contributed by atoms with E-state index >= 15 is 0 Å². The molecule has 7 nitrogen and oxygen atoms in total. The first kappa shape index (κ1) is 25.7. The fourth-order valence-electron chi connectivity index (χ4n) is 6.33. The highest BCUT2D eigenvalue weighted by Crippen LogP contribution is 2.66. The summed E-state index contributed by atoms with van der Waals surface area (Å²) in [4.78, 5) is 15.2. The van der Waals surface area contributed by atoms with E-state index in [4.69, 9.17) is 13.9 Å². The van der Waals surface area contributed by atoms with Crippen LogP contribution in [-0.2, 0) is 24.9 Å². The number of aliphatic hydroxyl groups excluding tert-OH is 1. The van der Waals surface area contributed by atoms with E-state index in [0.29, 0.717) is 6.42 Å². The van der Waals surface area contributed by atoms with Crippen molar-refractivity contribution in [3.05, 3.63) is 29.3 Å². The molecule has 1 amide bonds. The molecule has 0 saturated carbocycles. The number of anilines is 1. The van der Waals surface area contributed by atoms with Crippen molar-refractivity contribution in [1.29, 1.82) is 5.26 Å². The number of rotatable bonds is 3. The number of halogens is 3. The summed E-state index contributed by atoms with van der Waals surface area (Å²) in [5, 5.41) is 20.6. The third-order valence-electron chi connectivity index (χ3n) is 9.08. The zero-order chi connectivity index (χ0) is 26.6. The summed E-state index contributed by atoms with van der Waals surface area (Å²) >= 11 is 0. The standard InChI is InChI=1S/C25H31F3N2O5Si/c1-22(2,3)36(5,6)34-19-18(31)24-9-10-33-21-17(24)16(23(19,4)35-24)20(32)30(21)14-8-7-13(12-29)15(11-14)25(26,27)28/h7-8,11,16-19,21,31H,9-10H2,1-6H3/t16-,17+,18+,19-,21+,23+,24-/m1/s1. The molecule has 1 N–H and O–H groups in total. The number of fused-ring (bicyclic) bond motifs is 2. The van der Waals surface area contributed by atoms with Gasteiger partial charge in [0, 0.05) is 12.1 Å². The molecule has 1 spiro atoms. The summed E-state index contributed by atoms with van der Waals surface area (Å²) in [7, 11) is -2.38. The van der Waals surface area contributed by atoms with Gasteiger partial charge in [-0.05, 0) is 43.3 Å². The van der Waals surface area contributed by atoms with Gasteiger partial charge in [-0.1, -0.05) is 20.8 Å². The number of carbonyl (C=O) groups excluding carboxylic acids is 1. The SMILES string of the molecule is CC(C)(C)[Si](C)(C)O[C@@H]1[C@H](O)[C@@]23CCO[C@H]4[C@@H]2[C@H](C(=O)N4c2ccc(C#N)c(C(F)(F)F)c2)[C@]1(C)O3. The Labute approximate surface area is 209 Å². The van der Waals surface area contributed by atoms with E-state index in [0.717, 1.165) is 12.1 Å². The van der Waals surface area contributed by atoms with Gasteiger partial charge in [0.15, 0.2) is 8.32 Å². The van der Waals surface area contributed by atoms with E-state index in [1.165, 1.54) is 11.0 Å². The van der Waals surface area contributed by atoms with Gasteiger partial charge in [0.2, 0.25) is 5.91 Å². The fraction of sp³-hybridized carbons (Fsp3) is 0.680. The van der Waals surface area contributed by atoms with Crippen molar-refractivity contribution in [2.24, 2.45) is 11.8 Å². The molecule has 0 unspecified atom stereocenters. The molecule has 1 aromatic rings. The van der Waals surface area contributed by atoms with Gasteiger partial charge in [0.05, 0.1) is 35.6 Å². The van der Waals surface area contributed by atoms with Gasteiger partial charge in [-0.3, -0.25) is 9.69 Å². The predicted molar refractivity (Wildman–Crippen MR) is 125 cm³/mol. The summed E-state index contributed by atoms with van der Waals surface area (Å²) in [6.45, 7) is 12.3. The second-order valence-corrected chi connectivity index (χ2v) is 16.8. The van der Waals surface area contributed by atoms with Crippen LogP contribution in [0.3, 0.4) is 0 Å². The minimum absolute atomic E-state index is 0.00197. The third kappa shape index (κ3) is 3.21. The number of benzene rings is 1. The molecule has 4 aliphatic rings. The van der Waals surface area contributed by atoms with Gasteiger partial charge in [-0.25, -0.2) is 0 Å². The number of hydrogen-bond acceptors (Lipinski definition) is 6. The Hall–Kier alpha value is -1.97. The Bertz CT molecular complexity index is 1160. The number of nitrogens with zero attached hydrogens (tertiary/aromatic N) is 2. The Morgan fingerprint density at radius 2 is 1.94 bits per heavy atom. The molecule has 4 heterocycles. The molecule has 36 heavy (non-hydrogen) atoms. The minimum atomic E-state index is -4.76. The zero-order valence-corrected chi connectivity index (χ0v) is 22.1. The van der Waals surface area contributed by atoms with E-state index in [9.17, 15) is 28.3 Å². The van der Waals surface area contributed by atoms with E-state index in [-0.39, 0.29) is 17.3 Å². The molecule has 1 aromatic carbocycles. The highest BCUT2D eigenvalue weighted by Gasteiger charge is 2.82. The van der Waals surface area contributed by atoms with Crippen LogP contribution in [0, 0.1) is 23.2 Å². The molecule has 4 aliphatic heterocycles. The number of nitriles is 1. The lowest BCUT2D eigenvalue weighted by Gasteiger charge is -2.48. The lowest BCUT2D eigenvalue weighted by molar-refractivity contribution is -0.165. The van der Waals surface area contributed by atoms with Crippen molar-refractivity contribution < 1.29 is 37.0 Å². The molecule has 4 saturated heterocycles. The van der Waals surface area contributed by atoms with E-state index < -0.39 is 73.0 Å². The Kier molecular flexibility index (Phi) is 5.38. The monoisotopic (exact) mass is 524 g/mol. The lowest BCUT2D eigenvalue weighted by Crippen LogP contribution is -2.64. The van der Waals surface area contributed by atoms with Gasteiger partial charge in [-0.15, -0.1) is 0 Å². The minimum Gasteiger partial charge on any atom is -0.408 e. The topological polar surface area (TPSA) is 92.0 Å². The number of hydrogen-bond donors (Lipinski definition) is 1. The summed E-state index contributed by atoms with van der Waals surface area (Å²) in [5.41, 5.74) is -3.90. The number of amides is 1. The molecule has 7 atom stereocenters. The molecule has 0 radical (unpaired) electrons. The first-order chi connectivity index (χ1) is 16.5. The highest BCUT2D eigenvalue weighted by molar-refractivity contribution is 6.74. The third-order valence-corrected chi connectivity index (χ3v) is 13.5. The maximum Gasteiger partial charge on any atom is 0.417 e. The van der Waals surface area contributed by atoms with Crippen LogP contribution in [0.1, 0.15) is 45.2 Å². The van der Waals surface area contributed by atoms with Crippen LogP contribution in [0.5, 0.6) is 0 Å². The summed E-state index contributed by atoms with van der Waals surface area (Å²) in [6, 6.07) is 4.80. The van der Waals surface area contributed by atoms with Crippen LogP contribution in [-0.4, -0.2) is 55.6 Å². The average Bonchev–Trinajstić information content (AvgIpc) is 3.30. The fourth-order valence-corrected chi connectivity index (χ4v) is 7.68. The van der Waals surface area contributed by atoms with Crippen LogP contribution in [0.15, 0.2) is 18.2 Å². The summed E-state index contributed by atoms with van der Waals surface area (Å²) in [5.74, 6) is -1.75. The molecule has 0 aliphatic carbocycles. The van der Waals surface area contributed by atoms with Crippen LogP contribution in [0.2, 0.25) is 18.1 Å². The first-order valence-corrected chi connectivity index (χ1v) is 15.0. The Balaban J connectivity index is 1.58. The van der Waals surface area contributed by atoms with Gasteiger partial charge in [-0.2, -0.15) is 18.4 Å². The van der Waals surface area contributed by atoms with Crippen molar-refractivity contribution in [2.75, 3.05) is 11.5 Å². The largest absolute Gasteiger partial charge is 0.417 e. The first-order valence-electron chi connectivity index (χ1n) is 12.1. The van der Waals surface area contributed by atoms with Crippen molar-refractivity contribution in [1.82, 2.24) is 0 Å². The van der Waals surface area contributed by atoms with Gasteiger partial charge in [0.1, 0.15) is 29.6 Å². The average molecular weight is 525 g/mol. The second kappa shape index (κ2) is 7.54. The predicted octanol–water partition coefficient (Wildman–Crippen LogP) is 4.20. The van der Waals surface area contributed by atoms with E-state index in [2.05, 4.69) is 33.9 Å². The van der Waals surface area contributed by atoms with Crippen molar-refractivity contribution >= 4 is 19.9 Å². The van der Waals surface area contributed by atoms with E-state index in [1.54, 1.807) is 13.0 Å². The molecular weight excluding hydrogens is 493 g/mol. The normalized spacial score (nSPS) is 37.9. The van der Waals surface area contributed by atoms with Crippen LogP contribution in [0.25, 0.3) is 0 Å². The van der Waals surface area contributed by atoms with E-state index in [1.807, 2.05) is 0 Å². The molecule has 196 valence electrons. The number of carbonyl (C=O) groups is 1.